The lowest BCUT2D eigenvalue weighted by atomic mass is 9.80. The summed E-state index contributed by atoms with van der Waals surface area (Å²) in [6, 6.07) is 0.685. The lowest BCUT2D eigenvalue weighted by Gasteiger charge is -2.31. The molecular weight excluding hydrogens is 899 g/mol. The topological polar surface area (TPSA) is 38.7 Å². The van der Waals surface area contributed by atoms with Crippen LogP contribution >= 0.6 is 0 Å². The fourth-order valence-electron chi connectivity index (χ4n) is 14.7. The van der Waals surface area contributed by atoms with Gasteiger partial charge in [-0.15, -0.1) is 6.58 Å². The Balaban J connectivity index is 1.37. The van der Waals surface area contributed by atoms with Gasteiger partial charge in [0.15, 0.2) is 0 Å². The second kappa shape index (κ2) is 43.7. The van der Waals surface area contributed by atoms with E-state index in [0.717, 1.165) is 43.9 Å². The molecule has 3 fully saturated rings. The summed E-state index contributed by atoms with van der Waals surface area (Å²) in [6.07, 6.45) is 67.2. The zero-order valence-corrected chi connectivity index (χ0v) is 51.0. The zero-order chi connectivity index (χ0) is 53.2. The van der Waals surface area contributed by atoms with E-state index in [4.69, 9.17) is 6.58 Å². The van der Waals surface area contributed by atoms with E-state index < -0.39 is 0 Å². The van der Waals surface area contributed by atoms with E-state index in [9.17, 15) is 5.11 Å². The molecule has 0 heterocycles. The molecule has 0 aromatic carbocycles. The minimum absolute atomic E-state index is 0.288. The van der Waals surface area contributed by atoms with E-state index in [2.05, 4.69) is 62.0 Å². The molecule has 0 amide bonds. The maximum Gasteiger partial charge on any atom is 0.0558 e. The minimum atomic E-state index is 0.288. The Morgan fingerprint density at radius 2 is 1.11 bits per heavy atom. The molecule has 3 rings (SSSR count). The van der Waals surface area contributed by atoms with Crippen LogP contribution in [0.25, 0.3) is 0 Å². The SMILES string of the molecule is C=CCCC1CCCCCC2(CCCCC1)CC2(C)CCCCCC(CCCCCC)CC(=C)CCCCCCN(CCCCCNC(=C)CC(CCCCCC)CCCCCC)CCN(CCO)C1CCCC1. The van der Waals surface area contributed by atoms with Crippen molar-refractivity contribution in [2.75, 3.05) is 45.9 Å². The van der Waals surface area contributed by atoms with Gasteiger partial charge in [0.2, 0.25) is 0 Å². The number of unbranched alkanes of at least 4 members (excludes halogenated alkanes) is 16. The van der Waals surface area contributed by atoms with Gasteiger partial charge in [0.05, 0.1) is 6.61 Å². The van der Waals surface area contributed by atoms with Crippen molar-refractivity contribution in [1.29, 1.82) is 0 Å². The van der Waals surface area contributed by atoms with Crippen LogP contribution in [0, 0.1) is 28.6 Å². The molecule has 4 heteroatoms. The summed E-state index contributed by atoms with van der Waals surface area (Å²) < 4.78 is 0. The Labute approximate surface area is 465 Å². The van der Waals surface area contributed by atoms with Crippen molar-refractivity contribution < 1.29 is 5.11 Å². The molecule has 2 N–H and O–H groups in total. The van der Waals surface area contributed by atoms with Gasteiger partial charge in [-0.1, -0.05) is 258 Å². The molecule has 2 unspecified atom stereocenters. The summed E-state index contributed by atoms with van der Waals surface area (Å²) in [4.78, 5) is 5.42. The Morgan fingerprint density at radius 1 is 0.581 bits per heavy atom. The van der Waals surface area contributed by atoms with Gasteiger partial charge in [-0.3, -0.25) is 4.90 Å². The van der Waals surface area contributed by atoms with E-state index in [1.807, 2.05) is 0 Å². The Kier molecular flexibility index (Phi) is 39.7. The van der Waals surface area contributed by atoms with Crippen LogP contribution < -0.4 is 5.32 Å². The van der Waals surface area contributed by atoms with Crippen LogP contribution in [0.5, 0.6) is 0 Å². The third-order valence-electron chi connectivity index (χ3n) is 19.8. The fourth-order valence-corrected chi connectivity index (χ4v) is 14.7. The zero-order valence-electron chi connectivity index (χ0n) is 51.0. The van der Waals surface area contributed by atoms with Gasteiger partial charge in [-0.25, -0.2) is 0 Å². The summed E-state index contributed by atoms with van der Waals surface area (Å²) in [7, 11) is 0. The average Bonchev–Trinajstić information content (AvgIpc) is 3.63. The summed E-state index contributed by atoms with van der Waals surface area (Å²) in [5, 5.41) is 13.7. The molecule has 434 valence electrons. The van der Waals surface area contributed by atoms with Gasteiger partial charge < -0.3 is 15.3 Å². The summed E-state index contributed by atoms with van der Waals surface area (Å²) in [5.41, 5.74) is 4.15. The normalized spacial score (nSPS) is 21.4. The molecule has 0 radical (unpaired) electrons. The molecule has 0 bridgehead atoms. The number of allylic oxidation sites excluding steroid dienone is 3. The molecular formula is C70H133N3O. The highest BCUT2D eigenvalue weighted by molar-refractivity contribution is 5.11. The highest BCUT2D eigenvalue weighted by Gasteiger charge is 2.61. The minimum Gasteiger partial charge on any atom is -0.395 e. The highest BCUT2D eigenvalue weighted by atomic mass is 16.3. The molecule has 2 atom stereocenters. The van der Waals surface area contributed by atoms with Crippen LogP contribution in [-0.4, -0.2) is 66.8 Å². The lowest BCUT2D eigenvalue weighted by molar-refractivity contribution is 0.129. The van der Waals surface area contributed by atoms with Gasteiger partial charge in [0, 0.05) is 37.9 Å². The van der Waals surface area contributed by atoms with Crippen LogP contribution in [0.1, 0.15) is 329 Å². The summed E-state index contributed by atoms with van der Waals surface area (Å²) in [5.74, 6) is 2.62. The van der Waals surface area contributed by atoms with Crippen LogP contribution in [0.3, 0.4) is 0 Å². The van der Waals surface area contributed by atoms with Gasteiger partial charge in [0.25, 0.3) is 0 Å². The average molecular weight is 1030 g/mol. The third kappa shape index (κ3) is 30.9. The molecule has 0 aromatic rings. The van der Waals surface area contributed by atoms with Crippen LogP contribution in [0.2, 0.25) is 0 Å². The Morgan fingerprint density at radius 3 is 1.68 bits per heavy atom. The number of hydrogen-bond donors (Lipinski definition) is 2. The van der Waals surface area contributed by atoms with Crippen LogP contribution in [0.15, 0.2) is 37.1 Å². The number of hydrogen-bond acceptors (Lipinski definition) is 4. The molecule has 1 spiro atoms. The maximum absolute atomic E-state index is 9.96. The van der Waals surface area contributed by atoms with E-state index >= 15 is 0 Å². The van der Waals surface area contributed by atoms with E-state index in [-0.39, 0.29) is 6.61 Å². The predicted molar refractivity (Wildman–Crippen MR) is 330 cm³/mol. The largest absolute Gasteiger partial charge is 0.395 e. The standard InChI is InChI=1S/C70H133N3O/c1-8-12-16-26-44-66(45-31-21-34-50-69(7)62-70(69)51-35-22-29-42-65(41-15-11-4)43-30-23-36-52-70)60-63(5)40-25-19-20-38-54-72(56-57-73(58-59-74)68-48-32-33-49-68)55-39-24-37-53-71-64(6)61-67(46-27-17-13-9-2)47-28-18-14-10-3/h11,65-68,71,74H,4-6,8-10,12-62H2,1-3,7H3. The monoisotopic (exact) mass is 1030 g/mol. The van der Waals surface area contributed by atoms with Crippen molar-refractivity contribution in [3.8, 4) is 0 Å². The van der Waals surface area contributed by atoms with Crippen LogP contribution in [0.4, 0.5) is 0 Å². The first-order valence-corrected chi connectivity index (χ1v) is 34.0. The first kappa shape index (κ1) is 67.2. The number of aliphatic hydroxyl groups excluding tert-OH is 1. The second-order valence-electron chi connectivity index (χ2n) is 26.3. The van der Waals surface area contributed by atoms with Crippen molar-refractivity contribution in [1.82, 2.24) is 15.1 Å². The van der Waals surface area contributed by atoms with Gasteiger partial charge in [-0.2, -0.15) is 0 Å². The number of nitrogens with zero attached hydrogens (tertiary/aromatic N) is 2. The van der Waals surface area contributed by atoms with Crippen molar-refractivity contribution in [3.63, 3.8) is 0 Å². The van der Waals surface area contributed by atoms with Crippen molar-refractivity contribution >= 4 is 0 Å². The first-order valence-electron chi connectivity index (χ1n) is 34.0. The van der Waals surface area contributed by atoms with Gasteiger partial charge in [-0.05, 0) is 138 Å². The van der Waals surface area contributed by atoms with E-state index in [0.29, 0.717) is 16.9 Å². The van der Waals surface area contributed by atoms with Crippen LogP contribution in [-0.2, 0) is 0 Å². The molecule has 74 heavy (non-hydrogen) atoms. The van der Waals surface area contributed by atoms with Gasteiger partial charge in [0.1, 0.15) is 0 Å². The predicted octanol–water partition coefficient (Wildman–Crippen LogP) is 21.1. The number of nitrogens with one attached hydrogen (secondary N) is 1. The smallest absolute Gasteiger partial charge is 0.0558 e. The molecule has 3 aliphatic rings. The number of rotatable bonds is 48. The fraction of sp³-hybridized carbons (Fsp3) is 0.914. The van der Waals surface area contributed by atoms with Crippen molar-refractivity contribution in [2.45, 2.75) is 336 Å². The molecule has 3 aliphatic carbocycles. The number of aliphatic hydroxyl groups is 1. The van der Waals surface area contributed by atoms with E-state index in [1.165, 1.54) is 321 Å². The molecule has 0 aromatic heterocycles. The van der Waals surface area contributed by atoms with Crippen molar-refractivity contribution in [3.05, 3.63) is 37.1 Å². The molecule has 3 saturated carbocycles. The highest BCUT2D eigenvalue weighted by Crippen LogP contribution is 2.71. The first-order chi connectivity index (χ1) is 36.2. The lowest BCUT2D eigenvalue weighted by Crippen LogP contribution is -2.42. The molecule has 0 saturated heterocycles. The Bertz CT molecular complexity index is 1310. The third-order valence-corrected chi connectivity index (χ3v) is 19.8. The van der Waals surface area contributed by atoms with E-state index in [1.54, 1.807) is 5.57 Å². The van der Waals surface area contributed by atoms with Gasteiger partial charge >= 0.3 is 0 Å². The second-order valence-corrected chi connectivity index (χ2v) is 26.3. The summed E-state index contributed by atoms with van der Waals surface area (Å²) >= 11 is 0. The quantitative estimate of drug-likeness (QED) is 0.0471. The molecule has 0 aliphatic heterocycles. The Hall–Kier alpha value is -1.10. The maximum atomic E-state index is 9.96. The molecule has 4 nitrogen and oxygen atoms in total. The van der Waals surface area contributed by atoms with Crippen molar-refractivity contribution in [2.24, 2.45) is 28.6 Å². The summed E-state index contributed by atoms with van der Waals surface area (Å²) in [6.45, 7) is 29.8.